The summed E-state index contributed by atoms with van der Waals surface area (Å²) in [5.41, 5.74) is 0. The second-order valence-corrected chi connectivity index (χ2v) is 10.1. The molecule has 0 bridgehead atoms. The number of fused-ring (bicyclic) bond motifs is 1. The first-order chi connectivity index (χ1) is 15.1. The first-order valence-electron chi connectivity index (χ1n) is 9.89. The van der Waals surface area contributed by atoms with E-state index in [0.717, 1.165) is 21.4 Å². The zero-order chi connectivity index (χ0) is 21.7. The van der Waals surface area contributed by atoms with Gasteiger partial charge in [-0.3, -0.25) is 4.52 Å². The maximum atomic E-state index is 13.5. The summed E-state index contributed by atoms with van der Waals surface area (Å²) in [6.07, 6.45) is -0.348. The Hall–Kier alpha value is -2.63. The highest BCUT2D eigenvalue weighted by Crippen LogP contribution is 2.51. The Balaban J connectivity index is 1.60. The third-order valence-electron chi connectivity index (χ3n) is 4.92. The molecule has 160 valence electrons. The maximum absolute atomic E-state index is 13.5. The van der Waals surface area contributed by atoms with Crippen LogP contribution in [0, 0.1) is 0 Å². The predicted octanol–water partition coefficient (Wildman–Crippen LogP) is 6.79. The van der Waals surface area contributed by atoms with Crippen LogP contribution in [0.1, 0.15) is 11.0 Å². The molecule has 4 aromatic rings. The number of thiophene rings is 1. The lowest BCUT2D eigenvalue weighted by molar-refractivity contribution is 0.166. The van der Waals surface area contributed by atoms with Gasteiger partial charge >= 0.3 is 7.75 Å². The highest BCUT2D eigenvalue weighted by molar-refractivity contribution is 7.51. The third-order valence-corrected chi connectivity index (χ3v) is 7.79. The molecule has 2 unspecified atom stereocenters. The fourth-order valence-electron chi connectivity index (χ4n) is 3.31. The van der Waals surface area contributed by atoms with Gasteiger partial charge in [-0.05, 0) is 42.1 Å². The lowest BCUT2D eigenvalue weighted by Gasteiger charge is -2.29. The molecular formula is C24H24NO4PS. The maximum Gasteiger partial charge on any atom is 0.460 e. The van der Waals surface area contributed by atoms with Crippen LogP contribution < -0.4 is 9.26 Å². The Bertz CT molecular complexity index is 1160. The van der Waals surface area contributed by atoms with Crippen LogP contribution in [-0.4, -0.2) is 25.4 Å². The van der Waals surface area contributed by atoms with Gasteiger partial charge in [-0.15, -0.1) is 11.3 Å². The van der Waals surface area contributed by atoms with Gasteiger partial charge in [-0.25, -0.2) is 4.57 Å². The average molecular weight is 454 g/mol. The van der Waals surface area contributed by atoms with Crippen molar-refractivity contribution >= 4 is 29.9 Å². The molecule has 0 saturated heterocycles. The summed E-state index contributed by atoms with van der Waals surface area (Å²) in [5.74, 6) is 1.27. The van der Waals surface area contributed by atoms with Gasteiger partial charge in [-0.1, -0.05) is 60.7 Å². The Kier molecular flexibility index (Phi) is 6.73. The molecule has 2 atom stereocenters. The van der Waals surface area contributed by atoms with Crippen molar-refractivity contribution in [2.24, 2.45) is 0 Å². The lowest BCUT2D eigenvalue weighted by Crippen LogP contribution is -2.27. The number of hydrogen-bond acceptors (Lipinski definition) is 5. The number of benzene rings is 3. The minimum atomic E-state index is -3.56. The van der Waals surface area contributed by atoms with Crippen molar-refractivity contribution in [3.05, 3.63) is 95.2 Å². The van der Waals surface area contributed by atoms with Gasteiger partial charge < -0.3 is 9.26 Å². The second-order valence-electron chi connectivity index (χ2n) is 6.99. The topological polar surface area (TPSA) is 48.0 Å². The van der Waals surface area contributed by atoms with Crippen molar-refractivity contribution in [3.8, 4) is 11.5 Å². The molecule has 0 amide bonds. The highest BCUT2D eigenvalue weighted by Gasteiger charge is 2.34. The van der Waals surface area contributed by atoms with Crippen molar-refractivity contribution in [3.63, 3.8) is 0 Å². The number of para-hydroxylation sites is 1. The highest BCUT2D eigenvalue weighted by atomic mass is 32.1. The Morgan fingerprint density at radius 3 is 2.42 bits per heavy atom. The quantitative estimate of drug-likeness (QED) is 0.261. The molecule has 0 N–H and O–H groups in total. The molecule has 0 fully saturated rings. The van der Waals surface area contributed by atoms with E-state index in [1.165, 1.54) is 7.11 Å². The summed E-state index contributed by atoms with van der Waals surface area (Å²) in [6.45, 7) is 0.321. The molecule has 0 radical (unpaired) electrons. The lowest BCUT2D eigenvalue weighted by atomic mass is 10.1. The fraction of sp³-hybridized carbons (Fsp3) is 0.167. The predicted molar refractivity (Wildman–Crippen MR) is 126 cm³/mol. The zero-order valence-corrected chi connectivity index (χ0v) is 19.1. The zero-order valence-electron chi connectivity index (χ0n) is 17.4. The van der Waals surface area contributed by atoms with Gasteiger partial charge in [0.15, 0.2) is 0 Å². The minimum Gasteiger partial charge on any atom is -0.483 e. The van der Waals surface area contributed by atoms with Crippen molar-refractivity contribution in [1.29, 1.82) is 0 Å². The number of likely N-dealkylation sites (N-methyl/N-ethyl adjacent to an activating group) is 1. The van der Waals surface area contributed by atoms with Crippen LogP contribution in [0.5, 0.6) is 11.5 Å². The second kappa shape index (κ2) is 9.67. The summed E-state index contributed by atoms with van der Waals surface area (Å²) in [5, 5.41) is 4.14. The van der Waals surface area contributed by atoms with E-state index in [0.29, 0.717) is 12.3 Å². The molecule has 0 spiro atoms. The van der Waals surface area contributed by atoms with Crippen molar-refractivity contribution in [2.75, 3.05) is 20.7 Å². The van der Waals surface area contributed by atoms with Crippen LogP contribution in [-0.2, 0) is 9.09 Å². The van der Waals surface area contributed by atoms with Crippen molar-refractivity contribution < 1.29 is 18.3 Å². The molecule has 4 rings (SSSR count). The normalized spacial score (nSPS) is 14.3. The van der Waals surface area contributed by atoms with Gasteiger partial charge in [0.2, 0.25) is 0 Å². The summed E-state index contributed by atoms with van der Waals surface area (Å²) in [4.78, 5) is 1.03. The van der Waals surface area contributed by atoms with E-state index < -0.39 is 7.75 Å². The molecule has 0 aliphatic carbocycles. The molecule has 31 heavy (non-hydrogen) atoms. The first-order valence-corrected chi connectivity index (χ1v) is 12.3. The van der Waals surface area contributed by atoms with Crippen molar-refractivity contribution in [2.45, 2.75) is 6.10 Å². The number of nitrogens with zero attached hydrogens (tertiary/aromatic N) is 1. The number of hydrogen-bond donors (Lipinski definition) is 0. The molecular weight excluding hydrogens is 429 g/mol. The molecule has 0 saturated carbocycles. The van der Waals surface area contributed by atoms with Crippen LogP contribution in [0.25, 0.3) is 10.8 Å². The van der Waals surface area contributed by atoms with Crippen LogP contribution >= 0.6 is 19.1 Å². The molecule has 1 heterocycles. The van der Waals surface area contributed by atoms with E-state index in [1.54, 1.807) is 35.2 Å². The fourth-order valence-corrected chi connectivity index (χ4v) is 5.29. The number of ether oxygens (including phenoxy) is 1. The summed E-state index contributed by atoms with van der Waals surface area (Å²) in [7, 11) is -0.446. The Morgan fingerprint density at radius 2 is 1.68 bits per heavy atom. The molecule has 3 aromatic carbocycles. The van der Waals surface area contributed by atoms with Crippen LogP contribution in [0.15, 0.2) is 90.3 Å². The van der Waals surface area contributed by atoms with Gasteiger partial charge in [-0.2, -0.15) is 4.67 Å². The van der Waals surface area contributed by atoms with E-state index in [9.17, 15) is 4.57 Å². The summed E-state index contributed by atoms with van der Waals surface area (Å²) in [6, 6.07) is 27.1. The smallest absolute Gasteiger partial charge is 0.460 e. The summed E-state index contributed by atoms with van der Waals surface area (Å²) < 4.78 is 32.6. The number of rotatable bonds is 9. The molecule has 5 nitrogen and oxygen atoms in total. The first kappa shape index (κ1) is 21.6. The Morgan fingerprint density at radius 1 is 0.935 bits per heavy atom. The van der Waals surface area contributed by atoms with E-state index in [2.05, 4.69) is 12.1 Å². The van der Waals surface area contributed by atoms with Gasteiger partial charge in [0.25, 0.3) is 0 Å². The van der Waals surface area contributed by atoms with Crippen LogP contribution in [0.4, 0.5) is 0 Å². The van der Waals surface area contributed by atoms with E-state index in [-0.39, 0.29) is 6.10 Å². The largest absolute Gasteiger partial charge is 0.483 e. The molecule has 7 heteroatoms. The van der Waals surface area contributed by atoms with Gasteiger partial charge in [0.05, 0.1) is 6.54 Å². The molecule has 0 aliphatic heterocycles. The minimum absolute atomic E-state index is 0.321. The summed E-state index contributed by atoms with van der Waals surface area (Å²) >= 11 is 1.60. The van der Waals surface area contributed by atoms with E-state index in [4.69, 9.17) is 13.8 Å². The monoisotopic (exact) mass is 453 g/mol. The third kappa shape index (κ3) is 5.00. The SMILES string of the molecule is COP(=O)(Oc1ccccc1)N(C)CC(Oc1cccc2ccccc12)c1cccs1. The van der Waals surface area contributed by atoms with Crippen LogP contribution in [0.2, 0.25) is 0 Å². The Labute approximate surface area is 186 Å². The van der Waals surface area contributed by atoms with E-state index in [1.807, 2.05) is 66.0 Å². The standard InChI is InChI=1S/C24H24NO4PS/c1-25(30(26,27-2)29-20-12-4-3-5-13-20)18-23(24-16-9-17-31-24)28-22-15-8-11-19-10-6-7-14-21(19)22/h3-17,23H,18H2,1-2H3. The molecule has 1 aromatic heterocycles. The van der Waals surface area contributed by atoms with Gasteiger partial charge in [0, 0.05) is 17.4 Å². The van der Waals surface area contributed by atoms with Crippen LogP contribution in [0.3, 0.4) is 0 Å². The van der Waals surface area contributed by atoms with E-state index >= 15 is 0 Å². The van der Waals surface area contributed by atoms with Crippen molar-refractivity contribution in [1.82, 2.24) is 4.67 Å². The molecule has 0 aliphatic rings. The average Bonchev–Trinajstić information content (AvgIpc) is 3.34. The van der Waals surface area contributed by atoms with Gasteiger partial charge in [0.1, 0.15) is 17.6 Å².